The van der Waals surface area contributed by atoms with E-state index in [4.69, 9.17) is 5.73 Å². The number of aromatic nitrogens is 1. The topological polar surface area (TPSA) is 64.1 Å². The van der Waals surface area contributed by atoms with Crippen molar-refractivity contribution >= 4 is 11.4 Å². The number of benzene rings is 1. The lowest BCUT2D eigenvalue weighted by Crippen LogP contribution is -2.02. The van der Waals surface area contributed by atoms with Crippen LogP contribution in [0.4, 0.5) is 15.8 Å². The van der Waals surface area contributed by atoms with Crippen LogP contribution in [0.2, 0.25) is 0 Å². The minimum Gasteiger partial charge on any atom is -0.397 e. The molecular formula is C10H10FN3O. The third kappa shape index (κ3) is 2.25. The minimum absolute atomic E-state index is 0.327. The van der Waals surface area contributed by atoms with Gasteiger partial charge in [0.15, 0.2) is 0 Å². The number of anilines is 2. The number of nitrogen functional groups attached to an aromatic ring is 1. The van der Waals surface area contributed by atoms with Crippen LogP contribution in [0, 0.1) is 5.82 Å². The van der Waals surface area contributed by atoms with Crippen LogP contribution in [0.5, 0.6) is 0 Å². The summed E-state index contributed by atoms with van der Waals surface area (Å²) < 4.78 is 17.5. The first-order chi connectivity index (χ1) is 7.25. The van der Waals surface area contributed by atoms with Gasteiger partial charge < -0.3 is 15.6 Å². The zero-order valence-corrected chi connectivity index (χ0v) is 7.90. The molecule has 1 aromatic heterocycles. The molecule has 0 aliphatic heterocycles. The number of hydrogen-bond donors (Lipinski definition) is 2. The quantitative estimate of drug-likeness (QED) is 0.755. The van der Waals surface area contributed by atoms with Gasteiger partial charge in [-0.25, -0.2) is 4.39 Å². The first-order valence-corrected chi connectivity index (χ1v) is 4.44. The first-order valence-electron chi connectivity index (χ1n) is 4.44. The van der Waals surface area contributed by atoms with Gasteiger partial charge in [-0.15, -0.1) is 0 Å². The number of nitrogens with zero attached hydrogens (tertiary/aromatic N) is 1. The number of nitrogens with two attached hydrogens (primary N) is 1. The van der Waals surface area contributed by atoms with Crippen LogP contribution in [0.1, 0.15) is 5.69 Å². The van der Waals surface area contributed by atoms with Crippen LogP contribution in [0.3, 0.4) is 0 Å². The van der Waals surface area contributed by atoms with Gasteiger partial charge in [0.05, 0.1) is 17.9 Å². The highest BCUT2D eigenvalue weighted by atomic mass is 19.1. The van der Waals surface area contributed by atoms with Gasteiger partial charge in [-0.2, -0.15) is 0 Å². The van der Waals surface area contributed by atoms with E-state index in [0.717, 1.165) is 5.69 Å². The average molecular weight is 207 g/mol. The fourth-order valence-corrected chi connectivity index (χ4v) is 1.20. The smallest absolute Gasteiger partial charge is 0.125 e. The lowest BCUT2D eigenvalue weighted by atomic mass is 10.2. The van der Waals surface area contributed by atoms with Crippen LogP contribution < -0.4 is 11.1 Å². The Morgan fingerprint density at radius 1 is 1.40 bits per heavy atom. The molecule has 2 aromatic rings. The van der Waals surface area contributed by atoms with Gasteiger partial charge in [0, 0.05) is 6.07 Å². The number of hydrogen-bond acceptors (Lipinski definition) is 4. The molecule has 4 nitrogen and oxygen atoms in total. The fraction of sp³-hybridized carbons (Fsp3) is 0.100. The summed E-state index contributed by atoms with van der Waals surface area (Å²) in [5.41, 5.74) is 7.44. The van der Waals surface area contributed by atoms with E-state index in [9.17, 15) is 4.39 Å². The van der Waals surface area contributed by atoms with E-state index in [0.29, 0.717) is 17.9 Å². The molecule has 0 aliphatic carbocycles. The second-order valence-corrected chi connectivity index (χ2v) is 3.08. The number of halogens is 1. The van der Waals surface area contributed by atoms with Crippen LogP contribution in [-0.4, -0.2) is 5.16 Å². The fourth-order valence-electron chi connectivity index (χ4n) is 1.20. The molecule has 0 spiro atoms. The molecule has 0 saturated heterocycles. The molecule has 0 bridgehead atoms. The van der Waals surface area contributed by atoms with E-state index < -0.39 is 0 Å². The third-order valence-electron chi connectivity index (χ3n) is 1.97. The van der Waals surface area contributed by atoms with Crippen LogP contribution in [0.25, 0.3) is 0 Å². The van der Waals surface area contributed by atoms with Crippen molar-refractivity contribution in [3.63, 3.8) is 0 Å². The Balaban J connectivity index is 2.07. The zero-order chi connectivity index (χ0) is 10.7. The molecule has 0 saturated carbocycles. The van der Waals surface area contributed by atoms with E-state index in [-0.39, 0.29) is 5.82 Å². The molecule has 0 atom stereocenters. The van der Waals surface area contributed by atoms with Crippen molar-refractivity contribution < 1.29 is 8.91 Å². The highest BCUT2D eigenvalue weighted by molar-refractivity contribution is 5.65. The van der Waals surface area contributed by atoms with Crippen molar-refractivity contribution in [1.29, 1.82) is 0 Å². The monoisotopic (exact) mass is 207 g/mol. The molecular weight excluding hydrogens is 197 g/mol. The molecule has 0 aliphatic rings. The Morgan fingerprint density at radius 2 is 2.27 bits per heavy atom. The minimum atomic E-state index is -0.327. The molecule has 5 heteroatoms. The Morgan fingerprint density at radius 3 is 3.00 bits per heavy atom. The van der Waals surface area contributed by atoms with Gasteiger partial charge in [-0.3, -0.25) is 0 Å². The predicted octanol–water partition coefficient (Wildman–Crippen LogP) is 2.01. The summed E-state index contributed by atoms with van der Waals surface area (Å²) in [4.78, 5) is 0. The average Bonchev–Trinajstić information content (AvgIpc) is 2.72. The predicted molar refractivity (Wildman–Crippen MR) is 54.6 cm³/mol. The summed E-state index contributed by atoms with van der Waals surface area (Å²) >= 11 is 0. The molecule has 3 N–H and O–H groups in total. The lowest BCUT2D eigenvalue weighted by Gasteiger charge is -2.07. The van der Waals surface area contributed by atoms with Crippen LogP contribution >= 0.6 is 0 Å². The number of rotatable bonds is 3. The second kappa shape index (κ2) is 4.00. The molecule has 0 unspecified atom stereocenters. The van der Waals surface area contributed by atoms with E-state index in [1.807, 2.05) is 0 Å². The zero-order valence-electron chi connectivity index (χ0n) is 7.90. The third-order valence-corrected chi connectivity index (χ3v) is 1.97. The van der Waals surface area contributed by atoms with Gasteiger partial charge in [-0.05, 0) is 18.2 Å². The molecule has 0 amide bonds. The Kier molecular flexibility index (Phi) is 2.53. The van der Waals surface area contributed by atoms with Crippen LogP contribution in [-0.2, 0) is 6.54 Å². The molecule has 15 heavy (non-hydrogen) atoms. The van der Waals surface area contributed by atoms with Crippen molar-refractivity contribution in [3.05, 3.63) is 42.0 Å². The largest absolute Gasteiger partial charge is 0.397 e. The summed E-state index contributed by atoms with van der Waals surface area (Å²) in [7, 11) is 0. The summed E-state index contributed by atoms with van der Waals surface area (Å²) in [6, 6.07) is 5.90. The van der Waals surface area contributed by atoms with Crippen molar-refractivity contribution in [3.8, 4) is 0 Å². The Bertz CT molecular complexity index is 442. The molecule has 1 heterocycles. The maximum absolute atomic E-state index is 12.9. The SMILES string of the molecule is Nc1ccc(F)cc1NCc1ccon1. The molecule has 2 rings (SSSR count). The number of nitrogens with one attached hydrogen (secondary N) is 1. The van der Waals surface area contributed by atoms with E-state index in [1.165, 1.54) is 24.5 Å². The standard InChI is InChI=1S/C10H10FN3O/c11-7-1-2-9(12)10(5-7)13-6-8-3-4-15-14-8/h1-5,13H,6,12H2. The molecule has 78 valence electrons. The van der Waals surface area contributed by atoms with Gasteiger partial charge in [0.1, 0.15) is 17.8 Å². The maximum atomic E-state index is 12.9. The highest BCUT2D eigenvalue weighted by Crippen LogP contribution is 2.19. The summed E-state index contributed by atoms with van der Waals surface area (Å²) in [5.74, 6) is -0.327. The summed E-state index contributed by atoms with van der Waals surface area (Å²) in [6.07, 6.45) is 1.48. The molecule has 0 fully saturated rings. The molecule has 0 radical (unpaired) electrons. The Labute approximate surface area is 85.9 Å². The van der Waals surface area contributed by atoms with Gasteiger partial charge in [-0.1, -0.05) is 5.16 Å². The highest BCUT2D eigenvalue weighted by Gasteiger charge is 2.01. The van der Waals surface area contributed by atoms with Crippen molar-refractivity contribution in [2.75, 3.05) is 11.1 Å². The van der Waals surface area contributed by atoms with E-state index in [2.05, 4.69) is 15.0 Å². The van der Waals surface area contributed by atoms with Crippen molar-refractivity contribution in [2.45, 2.75) is 6.54 Å². The van der Waals surface area contributed by atoms with Gasteiger partial charge >= 0.3 is 0 Å². The Hall–Kier alpha value is -2.04. The van der Waals surface area contributed by atoms with Gasteiger partial charge in [0.2, 0.25) is 0 Å². The molecule has 1 aromatic carbocycles. The van der Waals surface area contributed by atoms with E-state index >= 15 is 0 Å². The van der Waals surface area contributed by atoms with E-state index in [1.54, 1.807) is 6.07 Å². The van der Waals surface area contributed by atoms with Crippen LogP contribution in [0.15, 0.2) is 35.1 Å². The van der Waals surface area contributed by atoms with Crippen molar-refractivity contribution in [2.24, 2.45) is 0 Å². The van der Waals surface area contributed by atoms with Gasteiger partial charge in [0.25, 0.3) is 0 Å². The summed E-state index contributed by atoms with van der Waals surface area (Å²) in [6.45, 7) is 0.449. The maximum Gasteiger partial charge on any atom is 0.125 e. The first kappa shape index (κ1) is 9.51. The normalized spacial score (nSPS) is 10.2. The van der Waals surface area contributed by atoms with Crippen molar-refractivity contribution in [1.82, 2.24) is 5.16 Å². The summed E-state index contributed by atoms with van der Waals surface area (Å²) in [5, 5.41) is 6.68. The second-order valence-electron chi connectivity index (χ2n) is 3.08. The lowest BCUT2D eigenvalue weighted by molar-refractivity contribution is 0.412.